The molecule has 1 saturated heterocycles. The van der Waals surface area contributed by atoms with Crippen molar-refractivity contribution < 1.29 is 41.1 Å². The molecule has 1 aliphatic rings. The number of halogens is 5. The predicted octanol–water partition coefficient (Wildman–Crippen LogP) is 3.12. The summed E-state index contributed by atoms with van der Waals surface area (Å²) >= 11 is 0. The van der Waals surface area contributed by atoms with E-state index in [9.17, 15) is 36.3 Å². The van der Waals surface area contributed by atoms with Crippen LogP contribution in [0.25, 0.3) is 0 Å². The van der Waals surface area contributed by atoms with E-state index in [1.807, 2.05) is 0 Å². The van der Waals surface area contributed by atoms with E-state index in [2.05, 4.69) is 10.1 Å². The van der Waals surface area contributed by atoms with Gasteiger partial charge in [0.05, 0.1) is 11.5 Å². The lowest BCUT2D eigenvalue weighted by Gasteiger charge is -2.21. The molecular formula is C18H10F5NO4. The smallest absolute Gasteiger partial charge is 0.343 e. The van der Waals surface area contributed by atoms with Crippen LogP contribution >= 0.6 is 0 Å². The number of esters is 1. The Morgan fingerprint density at radius 2 is 1.43 bits per heavy atom. The summed E-state index contributed by atoms with van der Waals surface area (Å²) < 4.78 is 70.9. The summed E-state index contributed by atoms with van der Waals surface area (Å²) in [6, 6.07) is 5.03. The quantitative estimate of drug-likeness (QED) is 0.215. The van der Waals surface area contributed by atoms with Gasteiger partial charge in [-0.2, -0.15) is 8.78 Å². The molecule has 10 heteroatoms. The van der Waals surface area contributed by atoms with Crippen molar-refractivity contribution in [3.05, 3.63) is 64.5 Å². The highest BCUT2D eigenvalue weighted by Gasteiger charge is 2.30. The first-order valence-corrected chi connectivity index (χ1v) is 7.88. The van der Waals surface area contributed by atoms with Crippen molar-refractivity contribution >= 4 is 17.8 Å². The topological polar surface area (TPSA) is 72.5 Å². The van der Waals surface area contributed by atoms with Crippen molar-refractivity contribution in [1.29, 1.82) is 0 Å². The maximum Gasteiger partial charge on any atom is 0.343 e. The van der Waals surface area contributed by atoms with Crippen molar-refractivity contribution in [3.8, 4) is 5.75 Å². The summed E-state index contributed by atoms with van der Waals surface area (Å²) in [5, 5.41) is 2.17. The molecule has 1 atom stereocenters. The number of rotatable bonds is 3. The largest absolute Gasteiger partial charge is 0.416 e. The molecule has 0 spiro atoms. The van der Waals surface area contributed by atoms with Crippen LogP contribution in [0.2, 0.25) is 0 Å². The highest BCUT2D eigenvalue weighted by Crippen LogP contribution is 2.30. The molecule has 1 fully saturated rings. The predicted molar refractivity (Wildman–Crippen MR) is 82.8 cm³/mol. The molecule has 1 unspecified atom stereocenters. The van der Waals surface area contributed by atoms with Crippen LogP contribution in [-0.4, -0.2) is 17.8 Å². The SMILES string of the molecule is O=C1CCC(c2ccc(C(=O)Oc3c(F)c(F)c(F)c(F)c3F)cc2)C(=O)N1. The molecule has 2 amide bonds. The van der Waals surface area contributed by atoms with Crippen LogP contribution < -0.4 is 10.1 Å². The summed E-state index contributed by atoms with van der Waals surface area (Å²) in [5.41, 5.74) is 0.220. The summed E-state index contributed by atoms with van der Waals surface area (Å²) in [4.78, 5) is 35.0. The third-order valence-electron chi connectivity index (χ3n) is 4.15. The first-order chi connectivity index (χ1) is 13.2. The molecule has 0 saturated carbocycles. The lowest BCUT2D eigenvalue weighted by atomic mass is 9.90. The molecule has 3 rings (SSSR count). The lowest BCUT2D eigenvalue weighted by Crippen LogP contribution is -2.39. The van der Waals surface area contributed by atoms with E-state index in [0.717, 1.165) is 12.1 Å². The third kappa shape index (κ3) is 3.45. The van der Waals surface area contributed by atoms with Crippen LogP contribution in [0.3, 0.4) is 0 Å². The number of carbonyl (C=O) groups excluding carboxylic acids is 3. The Labute approximate surface area is 154 Å². The Balaban J connectivity index is 1.81. The van der Waals surface area contributed by atoms with Crippen molar-refractivity contribution in [1.82, 2.24) is 5.32 Å². The number of hydrogen-bond acceptors (Lipinski definition) is 4. The Morgan fingerprint density at radius 1 is 0.893 bits per heavy atom. The Bertz CT molecular complexity index is 961. The summed E-state index contributed by atoms with van der Waals surface area (Å²) in [7, 11) is 0. The standard InChI is InChI=1S/C18H10F5NO4/c19-11-12(20)14(22)16(15(23)13(11)21)28-18(27)8-3-1-7(2-4-8)9-5-6-10(25)24-17(9)26/h1-4,9H,5-6H2,(H,24,25,26). The Hall–Kier alpha value is -3.30. The summed E-state index contributed by atoms with van der Waals surface area (Å²) in [5.74, 6) is -16.0. The number of imide groups is 1. The normalized spacial score (nSPS) is 16.7. The van der Waals surface area contributed by atoms with Gasteiger partial charge in [0, 0.05) is 6.42 Å². The van der Waals surface area contributed by atoms with E-state index in [4.69, 9.17) is 0 Å². The minimum atomic E-state index is -2.37. The number of hydrogen-bond donors (Lipinski definition) is 1. The zero-order valence-electron chi connectivity index (χ0n) is 13.8. The van der Waals surface area contributed by atoms with E-state index in [0.29, 0.717) is 5.56 Å². The Morgan fingerprint density at radius 3 is 1.96 bits per heavy atom. The lowest BCUT2D eigenvalue weighted by molar-refractivity contribution is -0.134. The van der Waals surface area contributed by atoms with Gasteiger partial charge in [-0.1, -0.05) is 12.1 Å². The number of amides is 2. The zero-order chi connectivity index (χ0) is 20.6. The first-order valence-electron chi connectivity index (χ1n) is 7.88. The molecule has 0 aromatic heterocycles. The molecule has 0 bridgehead atoms. The van der Waals surface area contributed by atoms with Gasteiger partial charge >= 0.3 is 5.97 Å². The van der Waals surface area contributed by atoms with Crippen molar-refractivity contribution in [2.24, 2.45) is 0 Å². The molecule has 5 nitrogen and oxygen atoms in total. The Kier molecular flexibility index (Phi) is 5.12. The van der Waals surface area contributed by atoms with Gasteiger partial charge < -0.3 is 4.74 Å². The number of piperidine rings is 1. The van der Waals surface area contributed by atoms with E-state index in [-0.39, 0.29) is 18.4 Å². The first kappa shape index (κ1) is 19.5. The highest BCUT2D eigenvalue weighted by atomic mass is 19.2. The van der Waals surface area contributed by atoms with Crippen molar-refractivity contribution in [3.63, 3.8) is 0 Å². The average molecular weight is 399 g/mol. The van der Waals surface area contributed by atoms with E-state index < -0.39 is 58.5 Å². The van der Waals surface area contributed by atoms with E-state index >= 15 is 0 Å². The van der Waals surface area contributed by atoms with Gasteiger partial charge in [0.2, 0.25) is 46.6 Å². The van der Waals surface area contributed by atoms with Crippen molar-refractivity contribution in [2.45, 2.75) is 18.8 Å². The van der Waals surface area contributed by atoms with Crippen molar-refractivity contribution in [2.75, 3.05) is 0 Å². The summed E-state index contributed by atoms with van der Waals surface area (Å²) in [6.45, 7) is 0. The molecule has 28 heavy (non-hydrogen) atoms. The van der Waals surface area contributed by atoms with Gasteiger partial charge in [-0.15, -0.1) is 0 Å². The molecule has 1 heterocycles. The van der Waals surface area contributed by atoms with Crippen LogP contribution in [0.5, 0.6) is 5.75 Å². The number of ether oxygens (including phenoxy) is 1. The second-order valence-corrected chi connectivity index (χ2v) is 5.91. The molecule has 1 aliphatic heterocycles. The molecule has 0 radical (unpaired) electrons. The van der Waals surface area contributed by atoms with Crippen LogP contribution in [-0.2, 0) is 9.59 Å². The minimum absolute atomic E-state index is 0.139. The fraction of sp³-hybridized carbons (Fsp3) is 0.167. The molecular weight excluding hydrogens is 389 g/mol. The van der Waals surface area contributed by atoms with Gasteiger partial charge in [-0.05, 0) is 24.1 Å². The van der Waals surface area contributed by atoms with E-state index in [1.54, 1.807) is 0 Å². The number of carbonyl (C=O) groups is 3. The fourth-order valence-corrected chi connectivity index (χ4v) is 2.69. The maximum absolute atomic E-state index is 13.6. The van der Waals surface area contributed by atoms with Crippen LogP contribution in [0.15, 0.2) is 24.3 Å². The molecule has 2 aromatic carbocycles. The second-order valence-electron chi connectivity index (χ2n) is 5.91. The highest BCUT2D eigenvalue weighted by molar-refractivity contribution is 6.01. The fourth-order valence-electron chi connectivity index (χ4n) is 2.69. The average Bonchev–Trinajstić information content (AvgIpc) is 2.68. The van der Waals surface area contributed by atoms with Gasteiger partial charge in [0.15, 0.2) is 0 Å². The van der Waals surface area contributed by atoms with E-state index in [1.165, 1.54) is 12.1 Å². The second kappa shape index (κ2) is 7.37. The van der Waals surface area contributed by atoms with Crippen LogP contribution in [0.1, 0.15) is 34.7 Å². The molecule has 1 N–H and O–H groups in total. The van der Waals surface area contributed by atoms with Crippen LogP contribution in [0, 0.1) is 29.1 Å². The monoisotopic (exact) mass is 399 g/mol. The molecule has 146 valence electrons. The van der Waals surface area contributed by atoms with Gasteiger partial charge in [0.25, 0.3) is 0 Å². The minimum Gasteiger partial charge on any atom is -0.416 e. The molecule has 0 aliphatic carbocycles. The maximum atomic E-state index is 13.6. The molecule has 2 aromatic rings. The zero-order valence-corrected chi connectivity index (χ0v) is 13.8. The van der Waals surface area contributed by atoms with Gasteiger partial charge in [0.1, 0.15) is 0 Å². The summed E-state index contributed by atoms with van der Waals surface area (Å²) in [6.07, 6.45) is 0.402. The van der Waals surface area contributed by atoms with Crippen LogP contribution in [0.4, 0.5) is 22.0 Å². The van der Waals surface area contributed by atoms with Gasteiger partial charge in [-0.25, -0.2) is 18.0 Å². The van der Waals surface area contributed by atoms with Gasteiger partial charge in [-0.3, -0.25) is 14.9 Å². The number of nitrogens with one attached hydrogen (secondary N) is 1. The number of benzene rings is 2. The third-order valence-corrected chi connectivity index (χ3v) is 4.15.